The van der Waals surface area contributed by atoms with Crippen molar-refractivity contribution < 1.29 is 14.3 Å². The molecule has 0 N–H and O–H groups in total. The predicted octanol–water partition coefficient (Wildman–Crippen LogP) is 2.37. The number of hydrogen-bond donors (Lipinski definition) is 0. The average Bonchev–Trinajstić information content (AvgIpc) is 2.68. The molecule has 2 heterocycles. The number of pyridine rings is 1. The lowest BCUT2D eigenvalue weighted by atomic mass is 10.1. The van der Waals surface area contributed by atoms with E-state index in [0.717, 1.165) is 24.5 Å². The van der Waals surface area contributed by atoms with E-state index in [9.17, 15) is 4.79 Å². The van der Waals surface area contributed by atoms with Crippen molar-refractivity contribution >= 4 is 11.7 Å². The van der Waals surface area contributed by atoms with Crippen LogP contribution in [-0.2, 0) is 0 Å². The number of piperazine rings is 1. The fraction of sp³-hybridized carbons (Fsp3) is 0.368. The topological polar surface area (TPSA) is 54.9 Å². The summed E-state index contributed by atoms with van der Waals surface area (Å²) in [4.78, 5) is 21.4. The Kier molecular flexibility index (Phi) is 5.07. The molecule has 0 saturated carbocycles. The van der Waals surface area contributed by atoms with Crippen molar-refractivity contribution in [2.45, 2.75) is 6.92 Å². The number of ether oxygens (including phenoxy) is 2. The van der Waals surface area contributed by atoms with E-state index in [2.05, 4.69) is 9.88 Å². The Labute approximate surface area is 148 Å². The molecule has 1 aliphatic heterocycles. The minimum Gasteiger partial charge on any atom is -0.496 e. The van der Waals surface area contributed by atoms with E-state index < -0.39 is 0 Å². The highest BCUT2D eigenvalue weighted by Crippen LogP contribution is 2.29. The first-order valence-electron chi connectivity index (χ1n) is 8.32. The molecule has 1 amide bonds. The molecular weight excluding hydrogens is 318 g/mol. The number of amides is 1. The number of carbonyl (C=O) groups is 1. The van der Waals surface area contributed by atoms with Crippen molar-refractivity contribution in [3.05, 3.63) is 47.7 Å². The molecule has 0 unspecified atom stereocenters. The average molecular weight is 341 g/mol. The number of aromatic nitrogens is 1. The van der Waals surface area contributed by atoms with Gasteiger partial charge in [0, 0.05) is 32.4 Å². The van der Waals surface area contributed by atoms with E-state index in [1.54, 1.807) is 26.5 Å². The number of nitrogens with zero attached hydrogens (tertiary/aromatic N) is 3. The molecule has 1 aromatic heterocycles. The summed E-state index contributed by atoms with van der Waals surface area (Å²) in [5, 5.41) is 0. The van der Waals surface area contributed by atoms with Crippen LogP contribution >= 0.6 is 0 Å². The van der Waals surface area contributed by atoms with Crippen molar-refractivity contribution in [3.8, 4) is 11.5 Å². The van der Waals surface area contributed by atoms with Crippen LogP contribution in [0, 0.1) is 6.92 Å². The van der Waals surface area contributed by atoms with E-state index in [-0.39, 0.29) is 5.91 Å². The van der Waals surface area contributed by atoms with Gasteiger partial charge in [0.2, 0.25) is 0 Å². The quantitative estimate of drug-likeness (QED) is 0.855. The third-order valence-corrected chi connectivity index (χ3v) is 4.49. The summed E-state index contributed by atoms with van der Waals surface area (Å²) in [6, 6.07) is 9.48. The molecule has 6 nitrogen and oxygen atoms in total. The van der Waals surface area contributed by atoms with Crippen LogP contribution in [-0.4, -0.2) is 56.2 Å². The van der Waals surface area contributed by atoms with E-state index in [1.165, 1.54) is 0 Å². The SMILES string of the molecule is COc1cc(C(=O)N2CCN(c3ccccn3)CC2)c(OC)cc1C. The van der Waals surface area contributed by atoms with Gasteiger partial charge in [-0.2, -0.15) is 0 Å². The van der Waals surface area contributed by atoms with Gasteiger partial charge in [0.25, 0.3) is 5.91 Å². The second kappa shape index (κ2) is 7.42. The molecule has 25 heavy (non-hydrogen) atoms. The highest BCUT2D eigenvalue weighted by atomic mass is 16.5. The van der Waals surface area contributed by atoms with Crippen LogP contribution in [0.3, 0.4) is 0 Å². The van der Waals surface area contributed by atoms with Crippen molar-refractivity contribution in [2.75, 3.05) is 45.3 Å². The van der Waals surface area contributed by atoms with Gasteiger partial charge >= 0.3 is 0 Å². The number of rotatable bonds is 4. The maximum atomic E-state index is 13.0. The molecule has 0 bridgehead atoms. The van der Waals surface area contributed by atoms with Gasteiger partial charge in [0.15, 0.2) is 0 Å². The Morgan fingerprint density at radius 2 is 1.76 bits per heavy atom. The fourth-order valence-corrected chi connectivity index (χ4v) is 3.07. The Morgan fingerprint density at radius 3 is 2.36 bits per heavy atom. The summed E-state index contributed by atoms with van der Waals surface area (Å²) in [5.74, 6) is 2.19. The number of carbonyl (C=O) groups excluding carboxylic acids is 1. The number of methoxy groups -OCH3 is 2. The molecule has 0 aliphatic carbocycles. The Morgan fingerprint density at radius 1 is 1.04 bits per heavy atom. The number of hydrogen-bond acceptors (Lipinski definition) is 5. The Bertz CT molecular complexity index is 741. The van der Waals surface area contributed by atoms with Crippen LogP contribution in [0.1, 0.15) is 15.9 Å². The van der Waals surface area contributed by atoms with Crippen LogP contribution in [0.25, 0.3) is 0 Å². The Hall–Kier alpha value is -2.76. The predicted molar refractivity (Wildman–Crippen MR) is 96.6 cm³/mol. The first-order chi connectivity index (χ1) is 12.1. The van der Waals surface area contributed by atoms with Crippen molar-refractivity contribution in [1.82, 2.24) is 9.88 Å². The zero-order chi connectivity index (χ0) is 17.8. The second-order valence-electron chi connectivity index (χ2n) is 5.99. The molecule has 0 radical (unpaired) electrons. The van der Waals surface area contributed by atoms with Gasteiger partial charge in [0.05, 0.1) is 19.8 Å². The third-order valence-electron chi connectivity index (χ3n) is 4.49. The van der Waals surface area contributed by atoms with E-state index >= 15 is 0 Å². The molecule has 1 aromatic carbocycles. The summed E-state index contributed by atoms with van der Waals surface area (Å²) in [6.45, 7) is 4.74. The summed E-state index contributed by atoms with van der Waals surface area (Å²) in [6.07, 6.45) is 1.79. The van der Waals surface area contributed by atoms with Crippen LogP contribution in [0.2, 0.25) is 0 Å². The molecule has 6 heteroatoms. The summed E-state index contributed by atoms with van der Waals surface area (Å²) in [5.41, 5.74) is 1.48. The molecule has 1 aliphatic rings. The summed E-state index contributed by atoms with van der Waals surface area (Å²) >= 11 is 0. The first-order valence-corrected chi connectivity index (χ1v) is 8.32. The van der Waals surface area contributed by atoms with Gasteiger partial charge in [-0.25, -0.2) is 4.98 Å². The van der Waals surface area contributed by atoms with E-state index in [1.807, 2.05) is 36.1 Å². The zero-order valence-corrected chi connectivity index (χ0v) is 14.9. The van der Waals surface area contributed by atoms with Gasteiger partial charge in [0.1, 0.15) is 17.3 Å². The number of benzene rings is 1. The van der Waals surface area contributed by atoms with Gasteiger partial charge < -0.3 is 19.3 Å². The lowest BCUT2D eigenvalue weighted by Gasteiger charge is -2.35. The molecule has 3 rings (SSSR count). The smallest absolute Gasteiger partial charge is 0.257 e. The minimum absolute atomic E-state index is 0.0316. The molecule has 1 fully saturated rings. The third kappa shape index (κ3) is 3.52. The van der Waals surface area contributed by atoms with Crippen LogP contribution in [0.5, 0.6) is 11.5 Å². The molecular formula is C19H23N3O3. The fourth-order valence-electron chi connectivity index (χ4n) is 3.07. The maximum Gasteiger partial charge on any atom is 0.257 e. The highest BCUT2D eigenvalue weighted by molar-refractivity contribution is 5.97. The minimum atomic E-state index is -0.0316. The van der Waals surface area contributed by atoms with E-state index in [4.69, 9.17) is 9.47 Å². The molecule has 0 atom stereocenters. The molecule has 132 valence electrons. The molecule has 0 spiro atoms. The molecule has 1 saturated heterocycles. The largest absolute Gasteiger partial charge is 0.496 e. The Balaban J connectivity index is 1.74. The first kappa shape index (κ1) is 17.1. The zero-order valence-electron chi connectivity index (χ0n) is 14.9. The van der Waals surface area contributed by atoms with Crippen LogP contribution < -0.4 is 14.4 Å². The molecule has 2 aromatic rings. The van der Waals surface area contributed by atoms with E-state index in [0.29, 0.717) is 30.2 Å². The normalized spacial score (nSPS) is 14.4. The standard InChI is InChI=1S/C19H23N3O3/c1-14-12-17(25-3)15(13-16(14)24-2)19(23)22-10-8-21(9-11-22)18-6-4-5-7-20-18/h4-7,12-13H,8-11H2,1-3H3. The lowest BCUT2D eigenvalue weighted by molar-refractivity contribution is 0.0742. The van der Waals surface area contributed by atoms with Gasteiger partial charge in [-0.05, 0) is 36.8 Å². The number of anilines is 1. The van der Waals surface area contributed by atoms with Crippen molar-refractivity contribution in [1.29, 1.82) is 0 Å². The van der Waals surface area contributed by atoms with Crippen molar-refractivity contribution in [3.63, 3.8) is 0 Å². The van der Waals surface area contributed by atoms with Gasteiger partial charge in [-0.15, -0.1) is 0 Å². The highest BCUT2D eigenvalue weighted by Gasteiger charge is 2.25. The van der Waals surface area contributed by atoms with Crippen molar-refractivity contribution in [2.24, 2.45) is 0 Å². The van der Waals surface area contributed by atoms with Crippen LogP contribution in [0.15, 0.2) is 36.5 Å². The van der Waals surface area contributed by atoms with Gasteiger partial charge in [-0.1, -0.05) is 6.07 Å². The monoisotopic (exact) mass is 341 g/mol. The lowest BCUT2D eigenvalue weighted by Crippen LogP contribution is -2.49. The number of aryl methyl sites for hydroxylation is 1. The maximum absolute atomic E-state index is 13.0. The summed E-state index contributed by atoms with van der Waals surface area (Å²) in [7, 11) is 3.19. The van der Waals surface area contributed by atoms with Gasteiger partial charge in [-0.3, -0.25) is 4.79 Å². The summed E-state index contributed by atoms with van der Waals surface area (Å²) < 4.78 is 10.8. The second-order valence-corrected chi connectivity index (χ2v) is 5.99. The van der Waals surface area contributed by atoms with Crippen LogP contribution in [0.4, 0.5) is 5.82 Å².